The van der Waals surface area contributed by atoms with Crippen LogP contribution >= 0.6 is 27.5 Å². The van der Waals surface area contributed by atoms with E-state index in [1.165, 1.54) is 6.20 Å². The second-order valence-electron chi connectivity index (χ2n) is 4.84. The number of ketones is 2. The number of hydrogen-bond donors (Lipinski definition) is 1. The lowest BCUT2D eigenvalue weighted by molar-refractivity contribution is 0.0978. The van der Waals surface area contributed by atoms with E-state index in [9.17, 15) is 9.59 Å². The molecule has 110 valence electrons. The molecule has 1 aromatic carbocycles. The molecule has 22 heavy (non-hydrogen) atoms. The lowest BCUT2D eigenvalue weighted by Gasteiger charge is -2.18. The quantitative estimate of drug-likeness (QED) is 0.856. The number of carbonyl (C=O) groups is 2. The van der Waals surface area contributed by atoms with Crippen molar-refractivity contribution in [1.82, 2.24) is 4.98 Å². The zero-order chi connectivity index (χ0) is 15.9. The summed E-state index contributed by atoms with van der Waals surface area (Å²) in [4.78, 5) is 28.7. The number of anilines is 1. The van der Waals surface area contributed by atoms with Gasteiger partial charge in [-0.25, -0.2) is 0 Å². The topological polar surface area (TPSA) is 59.1 Å². The summed E-state index contributed by atoms with van der Waals surface area (Å²) in [5.41, 5.74) is 2.11. The number of nitrogens with one attached hydrogen (secondary N) is 1. The van der Waals surface area contributed by atoms with Crippen molar-refractivity contribution in [3.63, 3.8) is 0 Å². The molecule has 0 unspecified atom stereocenters. The van der Waals surface area contributed by atoms with Gasteiger partial charge in [0.05, 0.1) is 5.56 Å². The number of aromatic nitrogens is 1. The van der Waals surface area contributed by atoms with Gasteiger partial charge in [0.1, 0.15) is 16.4 Å². The summed E-state index contributed by atoms with van der Waals surface area (Å²) >= 11 is 9.49. The lowest BCUT2D eigenvalue weighted by atomic mass is 9.96. The van der Waals surface area contributed by atoms with E-state index < -0.39 is 5.78 Å². The Kier molecular flexibility index (Phi) is 3.85. The molecular weight excluding hydrogens is 368 g/mol. The van der Waals surface area contributed by atoms with Gasteiger partial charge in [0.25, 0.3) is 0 Å². The number of pyridine rings is 1. The van der Waals surface area contributed by atoms with Gasteiger partial charge in [-0.05, 0) is 42.8 Å². The highest BCUT2D eigenvalue weighted by Crippen LogP contribution is 2.29. The van der Waals surface area contributed by atoms with Gasteiger partial charge in [-0.15, -0.1) is 0 Å². The highest BCUT2D eigenvalue weighted by molar-refractivity contribution is 9.10. The molecule has 0 spiro atoms. The Labute approximate surface area is 140 Å². The third-order valence-electron chi connectivity index (χ3n) is 3.34. The lowest BCUT2D eigenvalue weighted by Crippen LogP contribution is -2.25. The molecule has 4 nitrogen and oxygen atoms in total. The maximum Gasteiger partial charge on any atom is 0.225 e. The fraction of sp³-hybridized carbons (Fsp3) is 0.0625. The summed E-state index contributed by atoms with van der Waals surface area (Å²) in [6.07, 6.45) is 1.46. The number of fused-ring (bicyclic) bond motifs is 1. The van der Waals surface area contributed by atoms with Crippen molar-refractivity contribution in [3.8, 4) is 0 Å². The maximum absolute atomic E-state index is 12.5. The van der Waals surface area contributed by atoms with Crippen molar-refractivity contribution in [2.45, 2.75) is 6.92 Å². The molecule has 1 aromatic heterocycles. The highest BCUT2D eigenvalue weighted by Gasteiger charge is 2.32. The first-order chi connectivity index (χ1) is 10.5. The van der Waals surface area contributed by atoms with Crippen molar-refractivity contribution in [3.05, 3.63) is 68.6 Å². The van der Waals surface area contributed by atoms with Crippen LogP contribution in [0.1, 0.15) is 26.4 Å². The van der Waals surface area contributed by atoms with Crippen molar-refractivity contribution in [2.24, 2.45) is 0 Å². The molecule has 1 heterocycles. The Morgan fingerprint density at radius 2 is 1.95 bits per heavy atom. The van der Waals surface area contributed by atoms with E-state index >= 15 is 0 Å². The third-order valence-corrected chi connectivity index (χ3v) is 4.59. The van der Waals surface area contributed by atoms with Crippen LogP contribution in [-0.4, -0.2) is 16.6 Å². The van der Waals surface area contributed by atoms with Crippen LogP contribution in [0.3, 0.4) is 0 Å². The fourth-order valence-electron chi connectivity index (χ4n) is 2.20. The zero-order valence-corrected chi connectivity index (χ0v) is 13.8. The van der Waals surface area contributed by atoms with Crippen molar-refractivity contribution >= 4 is 44.8 Å². The van der Waals surface area contributed by atoms with Gasteiger partial charge in [0, 0.05) is 16.4 Å². The molecule has 2 aromatic rings. The Bertz CT molecular complexity index is 846. The number of aryl methyl sites for hydroxylation is 1. The summed E-state index contributed by atoms with van der Waals surface area (Å²) in [5.74, 6) is -0.790. The first kappa shape index (κ1) is 14.9. The molecule has 0 amide bonds. The molecule has 0 bridgehead atoms. The van der Waals surface area contributed by atoms with Gasteiger partial charge >= 0.3 is 0 Å². The molecule has 0 saturated heterocycles. The summed E-state index contributed by atoms with van der Waals surface area (Å²) in [5, 5.41) is 2.81. The minimum absolute atomic E-state index is 0.0777. The van der Waals surface area contributed by atoms with Gasteiger partial charge in [-0.1, -0.05) is 27.5 Å². The molecule has 0 aliphatic heterocycles. The first-order valence-electron chi connectivity index (χ1n) is 6.46. The van der Waals surface area contributed by atoms with E-state index in [4.69, 9.17) is 11.6 Å². The Hall–Kier alpha value is -1.98. The number of carbonyl (C=O) groups excluding carboxylic acids is 2. The predicted octanol–water partition coefficient (Wildman–Crippen LogP) is 4.09. The average Bonchev–Trinajstić information content (AvgIpc) is 2.53. The summed E-state index contributed by atoms with van der Waals surface area (Å²) in [6, 6.07) is 8.70. The maximum atomic E-state index is 12.5. The van der Waals surface area contributed by atoms with Gasteiger partial charge < -0.3 is 5.32 Å². The van der Waals surface area contributed by atoms with E-state index in [-0.39, 0.29) is 27.8 Å². The number of hydrogen-bond acceptors (Lipinski definition) is 4. The van der Waals surface area contributed by atoms with Crippen molar-refractivity contribution in [1.29, 1.82) is 0 Å². The summed E-state index contributed by atoms with van der Waals surface area (Å²) in [7, 11) is 0. The molecular formula is C16H10BrClN2O2. The summed E-state index contributed by atoms with van der Waals surface area (Å²) < 4.78 is 0.957. The van der Waals surface area contributed by atoms with Crippen LogP contribution in [0.25, 0.3) is 0 Å². The number of halogens is 2. The molecule has 0 radical (unpaired) electrons. The van der Waals surface area contributed by atoms with Gasteiger partial charge in [-0.2, -0.15) is 0 Å². The standard InChI is InChI=1S/C16H10BrClN2O2/c1-8-7-9(4-5-11(8)17)20-14-12(18)16(22)13-10(15(14)21)3-2-6-19-13/h2-7,20H,1H3. The number of allylic oxidation sites excluding steroid dienone is 2. The first-order valence-corrected chi connectivity index (χ1v) is 7.63. The third kappa shape index (κ3) is 2.46. The van der Waals surface area contributed by atoms with Crippen LogP contribution in [0.15, 0.2) is 51.7 Å². The van der Waals surface area contributed by atoms with E-state index in [2.05, 4.69) is 26.2 Å². The van der Waals surface area contributed by atoms with Crippen molar-refractivity contribution in [2.75, 3.05) is 5.32 Å². The van der Waals surface area contributed by atoms with Gasteiger partial charge in [-0.3, -0.25) is 14.6 Å². The Morgan fingerprint density at radius 1 is 1.18 bits per heavy atom. The normalized spacial score (nSPS) is 14.1. The number of benzene rings is 1. The van der Waals surface area contributed by atoms with Crippen LogP contribution < -0.4 is 5.32 Å². The molecule has 0 fully saturated rings. The Morgan fingerprint density at radius 3 is 2.68 bits per heavy atom. The molecule has 1 aliphatic carbocycles. The van der Waals surface area contributed by atoms with E-state index in [0.29, 0.717) is 5.69 Å². The van der Waals surface area contributed by atoms with Crippen LogP contribution in [0.2, 0.25) is 0 Å². The molecule has 6 heteroatoms. The van der Waals surface area contributed by atoms with E-state index in [1.807, 2.05) is 19.1 Å². The van der Waals surface area contributed by atoms with Crippen molar-refractivity contribution < 1.29 is 9.59 Å². The predicted molar refractivity (Wildman–Crippen MR) is 88.3 cm³/mol. The Balaban J connectivity index is 2.03. The zero-order valence-electron chi connectivity index (χ0n) is 11.5. The minimum atomic E-state index is -0.451. The van der Waals surface area contributed by atoms with E-state index in [1.54, 1.807) is 18.2 Å². The van der Waals surface area contributed by atoms with Gasteiger partial charge in [0.15, 0.2) is 0 Å². The smallest absolute Gasteiger partial charge is 0.225 e. The number of rotatable bonds is 2. The average molecular weight is 378 g/mol. The van der Waals surface area contributed by atoms with Crippen LogP contribution in [0.4, 0.5) is 5.69 Å². The van der Waals surface area contributed by atoms with Gasteiger partial charge in [0.2, 0.25) is 11.6 Å². The number of Topliss-reactive ketones (excluding diaryl/α,β-unsaturated/α-hetero) is 2. The van der Waals surface area contributed by atoms with Crippen LogP contribution in [0, 0.1) is 6.92 Å². The second-order valence-corrected chi connectivity index (χ2v) is 6.07. The largest absolute Gasteiger partial charge is 0.351 e. The molecule has 3 rings (SSSR count). The highest BCUT2D eigenvalue weighted by atomic mass is 79.9. The molecule has 0 saturated carbocycles. The molecule has 1 aliphatic rings. The monoisotopic (exact) mass is 376 g/mol. The SMILES string of the molecule is Cc1cc(NC2=C(Cl)C(=O)c3ncccc3C2=O)ccc1Br. The van der Waals surface area contributed by atoms with E-state index in [0.717, 1.165) is 10.0 Å². The number of nitrogens with zero attached hydrogens (tertiary/aromatic N) is 1. The second kappa shape index (κ2) is 5.66. The fourth-order valence-corrected chi connectivity index (χ4v) is 2.67. The summed E-state index contributed by atoms with van der Waals surface area (Å²) in [6.45, 7) is 1.93. The van der Waals surface area contributed by atoms with Crippen LogP contribution in [-0.2, 0) is 0 Å². The molecule has 0 atom stereocenters. The molecule has 1 N–H and O–H groups in total. The van der Waals surface area contributed by atoms with Crippen LogP contribution in [0.5, 0.6) is 0 Å². The minimum Gasteiger partial charge on any atom is -0.351 e.